The summed E-state index contributed by atoms with van der Waals surface area (Å²) in [4.78, 5) is 22.8. The van der Waals surface area contributed by atoms with E-state index in [1.807, 2.05) is 0 Å². The topological polar surface area (TPSA) is 97.2 Å². The minimum absolute atomic E-state index is 0.0970. The van der Waals surface area contributed by atoms with Gasteiger partial charge in [0.1, 0.15) is 12.1 Å². The van der Waals surface area contributed by atoms with Crippen LogP contribution in [0.15, 0.2) is 23.4 Å². The Kier molecular flexibility index (Phi) is 5.30. The van der Waals surface area contributed by atoms with Gasteiger partial charge < -0.3 is 20.3 Å². The van der Waals surface area contributed by atoms with E-state index in [0.29, 0.717) is 6.61 Å². The zero-order chi connectivity index (χ0) is 18.6. The summed E-state index contributed by atoms with van der Waals surface area (Å²) in [6, 6.07) is 1.63. The Labute approximate surface area is 157 Å². The summed E-state index contributed by atoms with van der Waals surface area (Å²) in [6.07, 6.45) is 5.28. The predicted octanol–water partition coefficient (Wildman–Crippen LogP) is -0.0766. The van der Waals surface area contributed by atoms with Crippen molar-refractivity contribution in [3.8, 4) is 0 Å². The van der Waals surface area contributed by atoms with E-state index >= 15 is 0 Å². The second-order valence-electron chi connectivity index (χ2n) is 6.90. The highest BCUT2D eigenvalue weighted by Crippen LogP contribution is 2.20. The highest BCUT2D eigenvalue weighted by Gasteiger charge is 2.22. The SMILES string of the molecule is Cn1ncc(N2CCO[C@@H](CCNc3ncnc4c3CCNC4)C2)cc1=O. The molecule has 2 aromatic rings. The van der Waals surface area contributed by atoms with Gasteiger partial charge in [0.05, 0.1) is 30.3 Å². The monoisotopic (exact) mass is 371 g/mol. The first-order valence-electron chi connectivity index (χ1n) is 9.38. The fraction of sp³-hybridized carbons (Fsp3) is 0.556. The molecule has 9 heteroatoms. The molecule has 4 rings (SSSR count). The van der Waals surface area contributed by atoms with Crippen LogP contribution in [0.3, 0.4) is 0 Å². The van der Waals surface area contributed by atoms with Crippen LogP contribution in [-0.2, 0) is 24.8 Å². The highest BCUT2D eigenvalue weighted by molar-refractivity contribution is 5.47. The van der Waals surface area contributed by atoms with E-state index in [0.717, 1.165) is 62.8 Å². The lowest BCUT2D eigenvalue weighted by Crippen LogP contribution is -2.43. The molecule has 0 saturated carbocycles. The molecular weight excluding hydrogens is 346 g/mol. The molecule has 0 spiro atoms. The predicted molar refractivity (Wildman–Crippen MR) is 102 cm³/mol. The number of anilines is 2. The van der Waals surface area contributed by atoms with Gasteiger partial charge in [0, 0.05) is 44.9 Å². The maximum absolute atomic E-state index is 11.8. The fourth-order valence-electron chi connectivity index (χ4n) is 3.55. The van der Waals surface area contributed by atoms with Crippen LogP contribution in [0, 0.1) is 0 Å². The minimum atomic E-state index is -0.0970. The zero-order valence-electron chi connectivity index (χ0n) is 15.5. The third-order valence-electron chi connectivity index (χ3n) is 5.10. The standard InChI is InChI=1S/C18H25N7O2/c1-24-17(26)8-13(9-23-24)25-6-7-27-14(11-25)2-5-20-18-15-3-4-19-10-16(15)21-12-22-18/h8-9,12,14,19H,2-7,10-11H2,1H3,(H,20,21,22)/t14-/m0/s1. The summed E-state index contributed by atoms with van der Waals surface area (Å²) < 4.78 is 7.24. The van der Waals surface area contributed by atoms with Gasteiger partial charge in [0.25, 0.3) is 5.56 Å². The van der Waals surface area contributed by atoms with Crippen molar-refractivity contribution in [2.75, 3.05) is 43.0 Å². The van der Waals surface area contributed by atoms with Gasteiger partial charge in [0.2, 0.25) is 0 Å². The molecule has 4 heterocycles. The Morgan fingerprint density at radius 1 is 1.41 bits per heavy atom. The molecule has 1 fully saturated rings. The lowest BCUT2D eigenvalue weighted by molar-refractivity contribution is 0.0374. The van der Waals surface area contributed by atoms with E-state index in [-0.39, 0.29) is 11.7 Å². The van der Waals surface area contributed by atoms with Crippen molar-refractivity contribution >= 4 is 11.5 Å². The van der Waals surface area contributed by atoms with E-state index in [1.165, 1.54) is 10.2 Å². The molecule has 1 atom stereocenters. The van der Waals surface area contributed by atoms with Gasteiger partial charge in [-0.1, -0.05) is 0 Å². The molecule has 0 radical (unpaired) electrons. The molecule has 9 nitrogen and oxygen atoms in total. The van der Waals surface area contributed by atoms with Gasteiger partial charge in [-0.05, 0) is 19.4 Å². The van der Waals surface area contributed by atoms with Crippen LogP contribution >= 0.6 is 0 Å². The average molecular weight is 371 g/mol. The Hall–Kier alpha value is -2.52. The van der Waals surface area contributed by atoms with E-state index in [4.69, 9.17) is 4.74 Å². The van der Waals surface area contributed by atoms with Gasteiger partial charge in [0.15, 0.2) is 0 Å². The number of rotatable bonds is 5. The largest absolute Gasteiger partial charge is 0.374 e. The first kappa shape index (κ1) is 17.9. The van der Waals surface area contributed by atoms with E-state index in [2.05, 4.69) is 30.6 Å². The maximum atomic E-state index is 11.8. The number of nitrogens with one attached hydrogen (secondary N) is 2. The second kappa shape index (κ2) is 8.01. The molecule has 0 unspecified atom stereocenters. The summed E-state index contributed by atoms with van der Waals surface area (Å²) in [5.41, 5.74) is 3.06. The van der Waals surface area contributed by atoms with Crippen LogP contribution in [0.4, 0.5) is 11.5 Å². The molecule has 0 amide bonds. The molecule has 1 saturated heterocycles. The first-order valence-corrected chi connectivity index (χ1v) is 9.38. The lowest BCUT2D eigenvalue weighted by atomic mass is 10.1. The molecule has 2 aromatic heterocycles. The van der Waals surface area contributed by atoms with E-state index < -0.39 is 0 Å². The first-order chi connectivity index (χ1) is 13.2. The van der Waals surface area contributed by atoms with Gasteiger partial charge in [-0.2, -0.15) is 5.10 Å². The number of fused-ring (bicyclic) bond motifs is 1. The van der Waals surface area contributed by atoms with Crippen LogP contribution in [0.2, 0.25) is 0 Å². The molecule has 2 aliphatic rings. The number of hydrogen-bond donors (Lipinski definition) is 2. The van der Waals surface area contributed by atoms with Crippen LogP contribution in [0.25, 0.3) is 0 Å². The summed E-state index contributed by atoms with van der Waals surface area (Å²) in [5.74, 6) is 0.935. The van der Waals surface area contributed by atoms with E-state index in [1.54, 1.807) is 25.6 Å². The summed E-state index contributed by atoms with van der Waals surface area (Å²) in [6.45, 7) is 4.71. The summed E-state index contributed by atoms with van der Waals surface area (Å²) in [5, 5.41) is 10.9. The Bertz CT molecular complexity index is 854. The van der Waals surface area contributed by atoms with Crippen molar-refractivity contribution in [2.45, 2.75) is 25.5 Å². The molecule has 0 aromatic carbocycles. The van der Waals surface area contributed by atoms with Crippen LogP contribution in [0.1, 0.15) is 17.7 Å². The van der Waals surface area contributed by atoms with Crippen molar-refractivity contribution in [1.29, 1.82) is 0 Å². The zero-order valence-corrected chi connectivity index (χ0v) is 15.5. The number of aromatic nitrogens is 4. The number of ether oxygens (including phenoxy) is 1. The Balaban J connectivity index is 1.34. The van der Waals surface area contributed by atoms with Gasteiger partial charge >= 0.3 is 0 Å². The third-order valence-corrected chi connectivity index (χ3v) is 5.10. The number of nitrogens with zero attached hydrogens (tertiary/aromatic N) is 5. The summed E-state index contributed by atoms with van der Waals surface area (Å²) >= 11 is 0. The van der Waals surface area contributed by atoms with Crippen LogP contribution in [0.5, 0.6) is 0 Å². The average Bonchev–Trinajstić information content (AvgIpc) is 2.70. The third kappa shape index (κ3) is 4.09. The van der Waals surface area contributed by atoms with Gasteiger partial charge in [-0.15, -0.1) is 0 Å². The van der Waals surface area contributed by atoms with Crippen molar-refractivity contribution in [1.82, 2.24) is 25.1 Å². The number of morpholine rings is 1. The number of aryl methyl sites for hydroxylation is 1. The minimum Gasteiger partial charge on any atom is -0.374 e. The fourth-order valence-corrected chi connectivity index (χ4v) is 3.55. The molecule has 0 bridgehead atoms. The van der Waals surface area contributed by atoms with Crippen LogP contribution in [-0.4, -0.2) is 58.6 Å². The highest BCUT2D eigenvalue weighted by atomic mass is 16.5. The van der Waals surface area contributed by atoms with Gasteiger partial charge in [-0.3, -0.25) is 4.79 Å². The van der Waals surface area contributed by atoms with Crippen molar-refractivity contribution < 1.29 is 4.74 Å². The van der Waals surface area contributed by atoms with Crippen molar-refractivity contribution in [3.63, 3.8) is 0 Å². The second-order valence-corrected chi connectivity index (χ2v) is 6.90. The molecule has 0 aliphatic carbocycles. The quantitative estimate of drug-likeness (QED) is 0.754. The Morgan fingerprint density at radius 3 is 3.22 bits per heavy atom. The molecular formula is C18H25N7O2. The van der Waals surface area contributed by atoms with Crippen LogP contribution < -0.4 is 21.1 Å². The smallest absolute Gasteiger partial charge is 0.268 e. The number of hydrogen-bond acceptors (Lipinski definition) is 8. The maximum Gasteiger partial charge on any atom is 0.268 e. The van der Waals surface area contributed by atoms with Crippen molar-refractivity contribution in [2.24, 2.45) is 7.05 Å². The normalized spacial score (nSPS) is 19.6. The Morgan fingerprint density at radius 2 is 2.33 bits per heavy atom. The van der Waals surface area contributed by atoms with E-state index in [9.17, 15) is 4.79 Å². The molecule has 2 N–H and O–H groups in total. The molecule has 2 aliphatic heterocycles. The summed E-state index contributed by atoms with van der Waals surface area (Å²) in [7, 11) is 1.65. The lowest BCUT2D eigenvalue weighted by Gasteiger charge is -2.34. The van der Waals surface area contributed by atoms with Crippen molar-refractivity contribution in [3.05, 3.63) is 40.2 Å². The molecule has 27 heavy (non-hydrogen) atoms. The van der Waals surface area contributed by atoms with Gasteiger partial charge in [-0.25, -0.2) is 14.6 Å². The molecule has 144 valence electrons.